The molecule has 0 aliphatic heterocycles. The zero-order chi connectivity index (χ0) is 13.2. The number of nitrogens with zero attached hydrogens (tertiary/aromatic N) is 1. The minimum atomic E-state index is -0.120. The van der Waals surface area contributed by atoms with Crippen molar-refractivity contribution >= 4 is 11.6 Å². The van der Waals surface area contributed by atoms with E-state index in [-0.39, 0.29) is 5.91 Å². The van der Waals surface area contributed by atoms with Crippen molar-refractivity contribution in [3.05, 3.63) is 42.0 Å². The molecule has 0 aliphatic rings. The van der Waals surface area contributed by atoms with Gasteiger partial charge in [0, 0.05) is 5.69 Å². The molecule has 0 heterocycles. The van der Waals surface area contributed by atoms with E-state index in [1.165, 1.54) is 0 Å². The number of anilines is 1. The Morgan fingerprint density at radius 3 is 3.11 bits per heavy atom. The molecule has 0 spiro atoms. The Kier molecular flexibility index (Phi) is 6.23. The van der Waals surface area contributed by atoms with Crippen LogP contribution in [0.15, 0.2) is 36.4 Å². The lowest BCUT2D eigenvalue weighted by Gasteiger charge is -2.05. The lowest BCUT2D eigenvalue weighted by molar-refractivity contribution is -0.117. The van der Waals surface area contributed by atoms with Crippen LogP contribution in [-0.4, -0.2) is 19.1 Å². The molecule has 18 heavy (non-hydrogen) atoms. The molecule has 1 rings (SSSR count). The number of ether oxygens (including phenoxy) is 1. The van der Waals surface area contributed by atoms with Crippen molar-refractivity contribution < 1.29 is 9.53 Å². The fourth-order valence-corrected chi connectivity index (χ4v) is 1.30. The number of hydrogen-bond acceptors (Lipinski definition) is 3. The Balaban J connectivity index is 2.33. The molecule has 0 aromatic heterocycles. The number of carbonyl (C=O) groups excluding carboxylic acids is 1. The summed E-state index contributed by atoms with van der Waals surface area (Å²) in [5.41, 5.74) is 1.16. The maximum atomic E-state index is 11.6. The van der Waals surface area contributed by atoms with Crippen LogP contribution in [0.3, 0.4) is 0 Å². The third kappa shape index (κ3) is 5.28. The summed E-state index contributed by atoms with van der Waals surface area (Å²) in [6.07, 6.45) is 4.08. The van der Waals surface area contributed by atoms with Crippen molar-refractivity contribution in [1.82, 2.24) is 0 Å². The zero-order valence-corrected chi connectivity index (χ0v) is 10.3. The number of nitrogens with one attached hydrogen (secondary N) is 1. The van der Waals surface area contributed by atoms with E-state index in [2.05, 4.69) is 5.32 Å². The van der Waals surface area contributed by atoms with Gasteiger partial charge in [0.15, 0.2) is 0 Å². The van der Waals surface area contributed by atoms with Gasteiger partial charge in [-0.25, -0.2) is 0 Å². The standard InChI is InChI=1S/C14H16N2O2/c1-2-3-8-18-9-7-14(17)16-13-6-4-5-12(10-13)11-15/h2-6,10H,7-9H2,1H3,(H,16,17). The van der Waals surface area contributed by atoms with E-state index in [4.69, 9.17) is 10.00 Å². The van der Waals surface area contributed by atoms with Crippen LogP contribution < -0.4 is 5.32 Å². The van der Waals surface area contributed by atoms with Gasteiger partial charge in [0.2, 0.25) is 5.91 Å². The Hall–Kier alpha value is -2.12. The SMILES string of the molecule is CC=CCOCCC(=O)Nc1cccc(C#N)c1. The van der Waals surface area contributed by atoms with E-state index in [0.717, 1.165) is 0 Å². The van der Waals surface area contributed by atoms with Crippen LogP contribution in [0.25, 0.3) is 0 Å². The summed E-state index contributed by atoms with van der Waals surface area (Å²) in [4.78, 5) is 11.6. The Bertz CT molecular complexity index is 461. The Labute approximate surface area is 107 Å². The molecule has 1 aromatic rings. The Morgan fingerprint density at radius 1 is 1.56 bits per heavy atom. The molecular formula is C14H16N2O2. The van der Waals surface area contributed by atoms with Crippen LogP contribution in [0.4, 0.5) is 5.69 Å². The van der Waals surface area contributed by atoms with Crippen LogP contribution in [0.2, 0.25) is 0 Å². The number of hydrogen-bond donors (Lipinski definition) is 1. The predicted molar refractivity (Wildman–Crippen MR) is 70.0 cm³/mol. The largest absolute Gasteiger partial charge is 0.377 e. The van der Waals surface area contributed by atoms with Gasteiger partial charge in [0.05, 0.1) is 31.3 Å². The molecule has 1 aromatic carbocycles. The minimum absolute atomic E-state index is 0.120. The summed E-state index contributed by atoms with van der Waals surface area (Å²) >= 11 is 0. The molecule has 1 amide bonds. The maximum Gasteiger partial charge on any atom is 0.226 e. The summed E-state index contributed by atoms with van der Waals surface area (Å²) in [6, 6.07) is 8.83. The van der Waals surface area contributed by atoms with Crippen molar-refractivity contribution in [1.29, 1.82) is 5.26 Å². The molecule has 0 saturated carbocycles. The van der Waals surface area contributed by atoms with Crippen molar-refractivity contribution in [2.45, 2.75) is 13.3 Å². The average Bonchev–Trinajstić information content (AvgIpc) is 2.38. The van der Waals surface area contributed by atoms with Gasteiger partial charge in [0.1, 0.15) is 0 Å². The number of carbonyl (C=O) groups is 1. The minimum Gasteiger partial charge on any atom is -0.377 e. The molecule has 1 N–H and O–H groups in total. The fraction of sp³-hybridized carbons (Fsp3) is 0.286. The fourth-order valence-electron chi connectivity index (χ4n) is 1.30. The van der Waals surface area contributed by atoms with Gasteiger partial charge >= 0.3 is 0 Å². The van der Waals surface area contributed by atoms with E-state index >= 15 is 0 Å². The molecule has 0 aliphatic carbocycles. The lowest BCUT2D eigenvalue weighted by Crippen LogP contribution is -2.14. The summed E-state index contributed by atoms with van der Waals surface area (Å²) < 4.78 is 5.23. The molecule has 0 radical (unpaired) electrons. The molecule has 0 bridgehead atoms. The van der Waals surface area contributed by atoms with Gasteiger partial charge in [-0.3, -0.25) is 4.79 Å². The van der Waals surface area contributed by atoms with E-state index in [1.807, 2.05) is 25.1 Å². The molecule has 0 unspecified atom stereocenters. The molecule has 94 valence electrons. The van der Waals surface area contributed by atoms with Crippen molar-refractivity contribution in [2.24, 2.45) is 0 Å². The lowest BCUT2D eigenvalue weighted by atomic mass is 10.2. The molecular weight excluding hydrogens is 228 g/mol. The normalized spacial score (nSPS) is 10.2. The maximum absolute atomic E-state index is 11.6. The van der Waals surface area contributed by atoms with Crippen LogP contribution in [0.5, 0.6) is 0 Å². The summed E-state index contributed by atoms with van der Waals surface area (Å²) in [5.74, 6) is -0.120. The second-order valence-corrected chi connectivity index (χ2v) is 3.63. The second-order valence-electron chi connectivity index (χ2n) is 3.63. The van der Waals surface area contributed by atoms with Gasteiger partial charge in [-0.1, -0.05) is 18.2 Å². The highest BCUT2D eigenvalue weighted by atomic mass is 16.5. The monoisotopic (exact) mass is 244 g/mol. The van der Waals surface area contributed by atoms with Crippen LogP contribution in [0.1, 0.15) is 18.9 Å². The number of allylic oxidation sites excluding steroid dienone is 1. The summed E-state index contributed by atoms with van der Waals surface area (Å²) in [6.45, 7) is 2.82. The van der Waals surface area contributed by atoms with Crippen LogP contribution >= 0.6 is 0 Å². The Morgan fingerprint density at radius 2 is 2.39 bits per heavy atom. The predicted octanol–water partition coefficient (Wildman–Crippen LogP) is 2.48. The third-order valence-corrected chi connectivity index (χ3v) is 2.20. The van der Waals surface area contributed by atoms with E-state index in [0.29, 0.717) is 30.9 Å². The van der Waals surface area contributed by atoms with Crippen molar-refractivity contribution in [3.8, 4) is 6.07 Å². The summed E-state index contributed by atoms with van der Waals surface area (Å²) in [5, 5.41) is 11.5. The van der Waals surface area contributed by atoms with E-state index in [9.17, 15) is 4.79 Å². The molecule has 4 nitrogen and oxygen atoms in total. The average molecular weight is 244 g/mol. The molecule has 0 atom stereocenters. The topological polar surface area (TPSA) is 62.1 Å². The molecule has 0 fully saturated rings. The third-order valence-electron chi connectivity index (χ3n) is 2.20. The molecule has 0 saturated heterocycles. The highest BCUT2D eigenvalue weighted by Gasteiger charge is 2.02. The number of benzene rings is 1. The first-order valence-corrected chi connectivity index (χ1v) is 5.75. The summed E-state index contributed by atoms with van der Waals surface area (Å²) in [7, 11) is 0. The van der Waals surface area contributed by atoms with Crippen molar-refractivity contribution in [3.63, 3.8) is 0 Å². The number of nitriles is 1. The number of rotatable bonds is 6. The first-order valence-electron chi connectivity index (χ1n) is 5.75. The zero-order valence-electron chi connectivity index (χ0n) is 10.3. The number of amides is 1. The molecule has 4 heteroatoms. The first kappa shape index (κ1) is 13.9. The quantitative estimate of drug-likeness (QED) is 0.617. The smallest absolute Gasteiger partial charge is 0.226 e. The van der Waals surface area contributed by atoms with E-state index < -0.39 is 0 Å². The van der Waals surface area contributed by atoms with Gasteiger partial charge in [0.25, 0.3) is 0 Å². The van der Waals surface area contributed by atoms with Gasteiger partial charge in [-0.05, 0) is 25.1 Å². The highest BCUT2D eigenvalue weighted by Crippen LogP contribution is 2.09. The van der Waals surface area contributed by atoms with E-state index in [1.54, 1.807) is 24.3 Å². The first-order chi connectivity index (χ1) is 8.76. The van der Waals surface area contributed by atoms with Crippen molar-refractivity contribution in [2.75, 3.05) is 18.5 Å². The highest BCUT2D eigenvalue weighted by molar-refractivity contribution is 5.90. The van der Waals surface area contributed by atoms with Crippen LogP contribution in [0, 0.1) is 11.3 Å². The second kappa shape index (κ2) is 8.04. The van der Waals surface area contributed by atoms with Gasteiger partial charge < -0.3 is 10.1 Å². The van der Waals surface area contributed by atoms with Gasteiger partial charge in [-0.2, -0.15) is 5.26 Å². The van der Waals surface area contributed by atoms with Gasteiger partial charge in [-0.15, -0.1) is 0 Å². The van der Waals surface area contributed by atoms with Crippen LogP contribution in [-0.2, 0) is 9.53 Å².